The highest BCUT2D eigenvalue weighted by Gasteiger charge is 2.22. The minimum absolute atomic E-state index is 0.158. The van der Waals surface area contributed by atoms with E-state index in [1.54, 1.807) is 6.07 Å². The maximum atomic E-state index is 12.2. The molecule has 0 atom stereocenters. The van der Waals surface area contributed by atoms with Gasteiger partial charge in [-0.2, -0.15) is 0 Å². The molecule has 0 aliphatic carbocycles. The number of anilines is 1. The number of hydrogen-bond donors (Lipinski definition) is 2. The number of benzene rings is 2. The van der Waals surface area contributed by atoms with Crippen LogP contribution in [0, 0.1) is 6.92 Å². The van der Waals surface area contributed by atoms with Crippen molar-refractivity contribution >= 4 is 35.4 Å². The third-order valence-electron chi connectivity index (χ3n) is 3.29. The number of thioether (sulfide) groups is 1. The Morgan fingerprint density at radius 1 is 1.18 bits per heavy atom. The van der Waals surface area contributed by atoms with Crippen molar-refractivity contribution in [3.63, 3.8) is 0 Å². The summed E-state index contributed by atoms with van der Waals surface area (Å²) in [5, 5.41) is 11.7. The fourth-order valence-electron chi connectivity index (χ4n) is 2.11. The zero-order chi connectivity index (χ0) is 15.7. The van der Waals surface area contributed by atoms with E-state index in [4.69, 9.17) is 5.11 Å². The monoisotopic (exact) mass is 311 g/mol. The number of carbonyl (C=O) groups excluding carboxylic acids is 1. The van der Waals surface area contributed by atoms with Crippen LogP contribution in [0.4, 0.5) is 5.69 Å². The smallest absolute Gasteiger partial charge is 0.335 e. The fraction of sp³-hybridized carbons (Fsp3) is 0.0588. The first kappa shape index (κ1) is 14.4. The summed E-state index contributed by atoms with van der Waals surface area (Å²) in [5.74, 6) is -1.23. The van der Waals surface area contributed by atoms with E-state index in [9.17, 15) is 9.59 Å². The Labute approximate surface area is 131 Å². The van der Waals surface area contributed by atoms with Gasteiger partial charge in [0.2, 0.25) is 0 Å². The quantitative estimate of drug-likeness (QED) is 0.828. The maximum absolute atomic E-state index is 12.2. The van der Waals surface area contributed by atoms with Gasteiger partial charge in [0.05, 0.1) is 16.2 Å². The van der Waals surface area contributed by atoms with Crippen molar-refractivity contribution in [2.75, 3.05) is 5.32 Å². The molecule has 5 heteroatoms. The SMILES string of the molecule is Cc1ccc(C=C2Sc3ccc(C(=O)O)cc3NC2=O)cc1. The molecule has 2 N–H and O–H groups in total. The van der Waals surface area contributed by atoms with E-state index in [-0.39, 0.29) is 11.5 Å². The van der Waals surface area contributed by atoms with Gasteiger partial charge in [0.25, 0.3) is 5.91 Å². The number of carboxylic acids is 1. The first-order chi connectivity index (χ1) is 10.5. The summed E-state index contributed by atoms with van der Waals surface area (Å²) in [6, 6.07) is 12.6. The van der Waals surface area contributed by atoms with Crippen molar-refractivity contribution in [2.24, 2.45) is 0 Å². The van der Waals surface area contributed by atoms with Crippen LogP contribution < -0.4 is 5.32 Å². The van der Waals surface area contributed by atoms with Gasteiger partial charge < -0.3 is 10.4 Å². The summed E-state index contributed by atoms with van der Waals surface area (Å²) in [6.07, 6.45) is 1.83. The van der Waals surface area contributed by atoms with E-state index in [0.29, 0.717) is 10.6 Å². The molecule has 0 saturated heterocycles. The first-order valence-electron chi connectivity index (χ1n) is 6.68. The van der Waals surface area contributed by atoms with E-state index in [1.807, 2.05) is 37.3 Å². The molecule has 0 aromatic heterocycles. The number of amides is 1. The van der Waals surface area contributed by atoms with Crippen molar-refractivity contribution in [2.45, 2.75) is 11.8 Å². The third kappa shape index (κ3) is 2.89. The molecule has 2 aromatic rings. The number of hydrogen-bond acceptors (Lipinski definition) is 3. The second-order valence-electron chi connectivity index (χ2n) is 4.99. The molecule has 0 radical (unpaired) electrons. The molecule has 0 bridgehead atoms. The number of aryl methyl sites for hydroxylation is 1. The topological polar surface area (TPSA) is 66.4 Å². The highest BCUT2D eigenvalue weighted by Crippen LogP contribution is 2.39. The summed E-state index contributed by atoms with van der Waals surface area (Å²) in [5.41, 5.74) is 2.81. The van der Waals surface area contributed by atoms with Crippen LogP contribution in [0.2, 0.25) is 0 Å². The van der Waals surface area contributed by atoms with Crippen LogP contribution in [-0.2, 0) is 4.79 Å². The Hall–Kier alpha value is -2.53. The summed E-state index contributed by atoms with van der Waals surface area (Å²) < 4.78 is 0. The summed E-state index contributed by atoms with van der Waals surface area (Å²) >= 11 is 1.34. The van der Waals surface area contributed by atoms with Crippen molar-refractivity contribution in [3.8, 4) is 0 Å². The largest absolute Gasteiger partial charge is 0.478 e. The van der Waals surface area contributed by atoms with Gasteiger partial charge in [-0.15, -0.1) is 0 Å². The number of carboxylic acid groups (broad SMARTS) is 1. The molecule has 1 aliphatic rings. The fourth-order valence-corrected chi connectivity index (χ4v) is 3.04. The van der Waals surface area contributed by atoms with Crippen LogP contribution in [0.1, 0.15) is 21.5 Å². The molecule has 0 unspecified atom stereocenters. The first-order valence-corrected chi connectivity index (χ1v) is 7.49. The Kier molecular flexibility index (Phi) is 3.73. The van der Waals surface area contributed by atoms with E-state index in [0.717, 1.165) is 16.0 Å². The average Bonchev–Trinajstić information content (AvgIpc) is 2.49. The van der Waals surface area contributed by atoms with Gasteiger partial charge in [-0.1, -0.05) is 41.6 Å². The maximum Gasteiger partial charge on any atom is 0.335 e. The molecule has 4 nitrogen and oxygen atoms in total. The molecule has 2 aromatic carbocycles. The van der Waals surface area contributed by atoms with Crippen molar-refractivity contribution in [3.05, 3.63) is 64.1 Å². The highest BCUT2D eigenvalue weighted by molar-refractivity contribution is 8.04. The lowest BCUT2D eigenvalue weighted by Crippen LogP contribution is -2.17. The summed E-state index contributed by atoms with van der Waals surface area (Å²) in [6.45, 7) is 2.01. The summed E-state index contributed by atoms with van der Waals surface area (Å²) in [7, 11) is 0. The normalized spacial score (nSPS) is 15.3. The van der Waals surface area contributed by atoms with Crippen molar-refractivity contribution in [1.29, 1.82) is 0 Å². The van der Waals surface area contributed by atoms with Crippen LogP contribution in [0.5, 0.6) is 0 Å². The predicted octanol–water partition coefficient (Wildman–Crippen LogP) is 3.78. The molecule has 3 rings (SSSR count). The second-order valence-corrected chi connectivity index (χ2v) is 6.08. The predicted molar refractivity (Wildman–Crippen MR) is 87.0 cm³/mol. The number of carbonyl (C=O) groups is 2. The van der Waals surface area contributed by atoms with Crippen LogP contribution in [-0.4, -0.2) is 17.0 Å². The van der Waals surface area contributed by atoms with E-state index < -0.39 is 5.97 Å². The number of aromatic carboxylic acids is 1. The van der Waals surface area contributed by atoms with Gasteiger partial charge in [-0.3, -0.25) is 4.79 Å². The Balaban J connectivity index is 1.93. The molecule has 1 heterocycles. The minimum atomic E-state index is -1.01. The lowest BCUT2D eigenvalue weighted by atomic mass is 10.1. The van der Waals surface area contributed by atoms with Gasteiger partial charge in [-0.05, 0) is 36.8 Å². The van der Waals surface area contributed by atoms with Crippen LogP contribution in [0.15, 0.2) is 52.3 Å². The van der Waals surface area contributed by atoms with Gasteiger partial charge in [0, 0.05) is 4.90 Å². The molecule has 0 fully saturated rings. The lowest BCUT2D eigenvalue weighted by molar-refractivity contribution is -0.112. The van der Waals surface area contributed by atoms with Crippen LogP contribution in [0.25, 0.3) is 6.08 Å². The standard InChI is InChI=1S/C17H13NO3S/c1-10-2-4-11(5-3-10)8-15-16(19)18-13-9-12(17(20)21)6-7-14(13)22-15/h2-9H,1H3,(H,18,19)(H,20,21). The summed E-state index contributed by atoms with van der Waals surface area (Å²) in [4.78, 5) is 24.6. The minimum Gasteiger partial charge on any atom is -0.478 e. The van der Waals surface area contributed by atoms with E-state index >= 15 is 0 Å². The number of rotatable bonds is 2. The van der Waals surface area contributed by atoms with Crippen LogP contribution in [0.3, 0.4) is 0 Å². The molecule has 0 saturated carbocycles. The highest BCUT2D eigenvalue weighted by atomic mass is 32.2. The van der Waals surface area contributed by atoms with E-state index in [2.05, 4.69) is 5.32 Å². The zero-order valence-electron chi connectivity index (χ0n) is 11.8. The number of nitrogens with one attached hydrogen (secondary N) is 1. The molecule has 110 valence electrons. The van der Waals surface area contributed by atoms with Crippen LogP contribution >= 0.6 is 11.8 Å². The third-order valence-corrected chi connectivity index (χ3v) is 4.39. The van der Waals surface area contributed by atoms with Gasteiger partial charge >= 0.3 is 5.97 Å². The molecule has 1 amide bonds. The zero-order valence-corrected chi connectivity index (χ0v) is 12.6. The Morgan fingerprint density at radius 3 is 2.59 bits per heavy atom. The Morgan fingerprint density at radius 2 is 1.91 bits per heavy atom. The van der Waals surface area contributed by atoms with Crippen molar-refractivity contribution in [1.82, 2.24) is 0 Å². The molecule has 22 heavy (non-hydrogen) atoms. The van der Waals surface area contributed by atoms with Gasteiger partial charge in [0.1, 0.15) is 0 Å². The molecule has 1 aliphatic heterocycles. The number of fused-ring (bicyclic) bond motifs is 1. The van der Waals surface area contributed by atoms with E-state index in [1.165, 1.54) is 23.9 Å². The lowest BCUT2D eigenvalue weighted by Gasteiger charge is -2.19. The average molecular weight is 311 g/mol. The molecular formula is C17H13NO3S. The van der Waals surface area contributed by atoms with Gasteiger partial charge in [0.15, 0.2) is 0 Å². The molecular weight excluding hydrogens is 298 g/mol. The Bertz CT molecular complexity index is 794. The second kappa shape index (κ2) is 5.69. The van der Waals surface area contributed by atoms with Gasteiger partial charge in [-0.25, -0.2) is 4.79 Å². The van der Waals surface area contributed by atoms with Crippen molar-refractivity contribution < 1.29 is 14.7 Å². The molecule has 0 spiro atoms.